The van der Waals surface area contributed by atoms with Gasteiger partial charge in [-0.1, -0.05) is 30.3 Å². The number of hydrogen-bond donors (Lipinski definition) is 1. The van der Waals surface area contributed by atoms with E-state index < -0.39 is 12.3 Å². The Morgan fingerprint density at radius 1 is 1.46 bits per heavy atom. The number of carbonyl (C=O) groups is 1. The third-order valence-corrected chi connectivity index (χ3v) is 1.44. The predicted octanol–water partition coefficient (Wildman–Crippen LogP) is 1.95. The highest BCUT2D eigenvalue weighted by molar-refractivity contribution is 5.57. The van der Waals surface area contributed by atoms with Crippen molar-refractivity contribution in [3.63, 3.8) is 0 Å². The Balaban J connectivity index is 2.80. The molecule has 1 unspecified atom stereocenters. The van der Waals surface area contributed by atoms with Crippen molar-refractivity contribution in [2.24, 2.45) is 0 Å². The van der Waals surface area contributed by atoms with Crippen LogP contribution in [0.15, 0.2) is 30.3 Å². The monoisotopic (exact) mass is 177 g/mol. The van der Waals surface area contributed by atoms with Crippen molar-refractivity contribution >= 4 is 6.16 Å². The van der Waals surface area contributed by atoms with Gasteiger partial charge in [-0.05, 0) is 0 Å². The maximum absolute atomic E-state index is 10.2. The van der Waals surface area contributed by atoms with E-state index in [1.165, 1.54) is 0 Å². The molecule has 0 fully saturated rings. The quantitative estimate of drug-likeness (QED) is 0.701. The van der Waals surface area contributed by atoms with Gasteiger partial charge >= 0.3 is 6.16 Å². The van der Waals surface area contributed by atoms with E-state index in [4.69, 9.17) is 10.4 Å². The minimum absolute atomic E-state index is 0.535. The lowest BCUT2D eigenvalue weighted by Gasteiger charge is -2.06. The van der Waals surface area contributed by atoms with Gasteiger partial charge in [-0.3, -0.25) is 0 Å². The Morgan fingerprint density at radius 2 is 2.08 bits per heavy atom. The number of nitrogens with zero attached hydrogens (tertiary/aromatic N) is 1. The minimum Gasteiger partial charge on any atom is -0.450 e. The van der Waals surface area contributed by atoms with E-state index in [0.717, 1.165) is 0 Å². The third-order valence-electron chi connectivity index (χ3n) is 1.44. The van der Waals surface area contributed by atoms with Gasteiger partial charge in [0.05, 0.1) is 0 Å². The first-order chi connectivity index (χ1) is 6.24. The number of hydrogen-bond acceptors (Lipinski definition) is 3. The van der Waals surface area contributed by atoms with Crippen molar-refractivity contribution in [3.05, 3.63) is 35.9 Å². The summed E-state index contributed by atoms with van der Waals surface area (Å²) in [5.74, 6) is 0. The Bertz CT molecular complexity index is 328. The smallest absolute Gasteiger partial charge is 0.450 e. The molecule has 4 nitrogen and oxygen atoms in total. The molecule has 0 aliphatic heterocycles. The zero-order valence-electron chi connectivity index (χ0n) is 6.68. The van der Waals surface area contributed by atoms with Gasteiger partial charge in [0, 0.05) is 5.56 Å². The number of rotatable bonds is 2. The maximum atomic E-state index is 10.2. The molecule has 0 radical (unpaired) electrons. The van der Waals surface area contributed by atoms with E-state index in [9.17, 15) is 4.79 Å². The van der Waals surface area contributed by atoms with E-state index in [0.29, 0.717) is 5.56 Å². The average Bonchev–Trinajstić information content (AvgIpc) is 2.15. The summed E-state index contributed by atoms with van der Waals surface area (Å²) in [6.07, 6.45) is -2.49. The summed E-state index contributed by atoms with van der Waals surface area (Å²) in [5, 5.41) is 16.9. The normalized spacial score (nSPS) is 11.3. The highest BCUT2D eigenvalue weighted by atomic mass is 16.7. The van der Waals surface area contributed by atoms with Crippen molar-refractivity contribution < 1.29 is 14.6 Å². The van der Waals surface area contributed by atoms with E-state index in [1.807, 2.05) is 0 Å². The summed E-state index contributed by atoms with van der Waals surface area (Å²) in [5.41, 5.74) is 0.535. The molecule has 1 aromatic carbocycles. The lowest BCUT2D eigenvalue weighted by molar-refractivity contribution is 0.0714. The second-order valence-corrected chi connectivity index (χ2v) is 2.30. The van der Waals surface area contributed by atoms with Crippen LogP contribution in [0.25, 0.3) is 0 Å². The first-order valence-corrected chi connectivity index (χ1v) is 3.58. The van der Waals surface area contributed by atoms with Crippen molar-refractivity contribution in [1.29, 1.82) is 5.26 Å². The van der Waals surface area contributed by atoms with Crippen LogP contribution in [-0.2, 0) is 4.74 Å². The van der Waals surface area contributed by atoms with Gasteiger partial charge in [-0.2, -0.15) is 5.26 Å². The second-order valence-electron chi connectivity index (χ2n) is 2.30. The number of nitriles is 1. The standard InChI is InChI=1S/C9H7NO3/c10-6-8(13-9(11)12)7-4-2-1-3-5-7/h1-5,8H,(H,11,12). The molecule has 0 spiro atoms. The molecule has 66 valence electrons. The molecule has 0 amide bonds. The lowest BCUT2D eigenvalue weighted by Crippen LogP contribution is -2.06. The molecule has 13 heavy (non-hydrogen) atoms. The fourth-order valence-electron chi connectivity index (χ4n) is 0.898. The van der Waals surface area contributed by atoms with Crippen LogP contribution in [-0.4, -0.2) is 11.3 Å². The zero-order chi connectivity index (χ0) is 9.68. The molecule has 0 heterocycles. The fraction of sp³-hybridized carbons (Fsp3) is 0.111. The first-order valence-electron chi connectivity index (χ1n) is 3.58. The molecule has 0 saturated heterocycles. The van der Waals surface area contributed by atoms with Gasteiger partial charge in [-0.25, -0.2) is 4.79 Å². The van der Waals surface area contributed by atoms with Crippen molar-refractivity contribution in [3.8, 4) is 6.07 Å². The fourth-order valence-corrected chi connectivity index (χ4v) is 0.898. The molecule has 1 rings (SSSR count). The predicted molar refractivity (Wildman–Crippen MR) is 43.9 cm³/mol. The average molecular weight is 177 g/mol. The zero-order valence-corrected chi connectivity index (χ0v) is 6.68. The SMILES string of the molecule is N#CC(OC(=O)O)c1ccccc1. The molecule has 0 aliphatic rings. The van der Waals surface area contributed by atoms with Crippen LogP contribution < -0.4 is 0 Å². The van der Waals surface area contributed by atoms with Crippen LogP contribution in [0, 0.1) is 11.3 Å². The van der Waals surface area contributed by atoms with Crippen molar-refractivity contribution in [1.82, 2.24) is 0 Å². The Hall–Kier alpha value is -2.02. The molecular formula is C9H7NO3. The largest absolute Gasteiger partial charge is 0.507 e. The van der Waals surface area contributed by atoms with Crippen LogP contribution in [0.1, 0.15) is 11.7 Å². The molecule has 0 aliphatic carbocycles. The van der Waals surface area contributed by atoms with Crippen molar-refractivity contribution in [2.45, 2.75) is 6.10 Å². The van der Waals surface area contributed by atoms with E-state index in [1.54, 1.807) is 36.4 Å². The van der Waals surface area contributed by atoms with E-state index in [2.05, 4.69) is 4.74 Å². The van der Waals surface area contributed by atoms with Crippen LogP contribution in [0.4, 0.5) is 4.79 Å². The summed E-state index contributed by atoms with van der Waals surface area (Å²) < 4.78 is 4.34. The van der Waals surface area contributed by atoms with Gasteiger partial charge < -0.3 is 9.84 Å². The van der Waals surface area contributed by atoms with E-state index in [-0.39, 0.29) is 0 Å². The van der Waals surface area contributed by atoms with Crippen LogP contribution in [0.2, 0.25) is 0 Å². The highest BCUT2D eigenvalue weighted by Gasteiger charge is 2.13. The molecule has 1 aromatic rings. The Labute approximate surface area is 75.0 Å². The molecular weight excluding hydrogens is 170 g/mol. The van der Waals surface area contributed by atoms with Gasteiger partial charge in [-0.15, -0.1) is 0 Å². The molecule has 1 N–H and O–H groups in total. The summed E-state index contributed by atoms with van der Waals surface area (Å²) in [4.78, 5) is 10.2. The maximum Gasteiger partial charge on any atom is 0.507 e. The second kappa shape index (κ2) is 4.12. The molecule has 0 saturated carbocycles. The Kier molecular flexibility index (Phi) is 2.87. The number of carboxylic acid groups (broad SMARTS) is 1. The van der Waals surface area contributed by atoms with E-state index >= 15 is 0 Å². The van der Waals surface area contributed by atoms with Crippen LogP contribution >= 0.6 is 0 Å². The van der Waals surface area contributed by atoms with Crippen LogP contribution in [0.5, 0.6) is 0 Å². The van der Waals surface area contributed by atoms with Gasteiger partial charge in [0.25, 0.3) is 0 Å². The van der Waals surface area contributed by atoms with Crippen LogP contribution in [0.3, 0.4) is 0 Å². The number of ether oxygens (including phenoxy) is 1. The molecule has 0 aromatic heterocycles. The summed E-state index contributed by atoms with van der Waals surface area (Å²) >= 11 is 0. The van der Waals surface area contributed by atoms with Gasteiger partial charge in [0.15, 0.2) is 0 Å². The Morgan fingerprint density at radius 3 is 2.54 bits per heavy atom. The van der Waals surface area contributed by atoms with Gasteiger partial charge in [0.1, 0.15) is 6.07 Å². The molecule has 4 heteroatoms. The third kappa shape index (κ3) is 2.49. The molecule has 0 bridgehead atoms. The topological polar surface area (TPSA) is 70.3 Å². The number of benzene rings is 1. The lowest BCUT2D eigenvalue weighted by atomic mass is 10.1. The summed E-state index contributed by atoms with van der Waals surface area (Å²) in [7, 11) is 0. The highest BCUT2D eigenvalue weighted by Crippen LogP contribution is 2.15. The summed E-state index contributed by atoms with van der Waals surface area (Å²) in [6, 6.07) is 10.2. The summed E-state index contributed by atoms with van der Waals surface area (Å²) in [6.45, 7) is 0. The first kappa shape index (κ1) is 9.07. The van der Waals surface area contributed by atoms with Gasteiger partial charge in [0.2, 0.25) is 6.10 Å². The van der Waals surface area contributed by atoms with Crippen molar-refractivity contribution in [2.75, 3.05) is 0 Å². The molecule has 1 atom stereocenters. The minimum atomic E-state index is -1.45.